The topological polar surface area (TPSA) is 15.3 Å². The van der Waals surface area contributed by atoms with Crippen molar-refractivity contribution in [3.05, 3.63) is 0 Å². The Balaban J connectivity index is 2.22. The van der Waals surface area contributed by atoms with E-state index in [4.69, 9.17) is 0 Å². The molecule has 1 aliphatic rings. The fraction of sp³-hybridized carbons (Fsp3) is 1.00. The molecule has 0 aromatic carbocycles. The molecule has 0 aromatic rings. The zero-order valence-electron chi connectivity index (χ0n) is 12.2. The fourth-order valence-electron chi connectivity index (χ4n) is 2.28. The number of nitrogens with zero attached hydrogens (tertiary/aromatic N) is 1. The highest BCUT2D eigenvalue weighted by atomic mass is 15.2. The summed E-state index contributed by atoms with van der Waals surface area (Å²) in [6.07, 6.45) is 2.69. The van der Waals surface area contributed by atoms with E-state index in [9.17, 15) is 0 Å². The Morgan fingerprint density at radius 3 is 1.94 bits per heavy atom. The van der Waals surface area contributed by atoms with Gasteiger partial charge in [-0.05, 0) is 67.3 Å². The summed E-state index contributed by atoms with van der Waals surface area (Å²) in [4.78, 5) is 2.48. The van der Waals surface area contributed by atoms with Crippen molar-refractivity contribution in [1.82, 2.24) is 10.2 Å². The van der Waals surface area contributed by atoms with Gasteiger partial charge in [-0.15, -0.1) is 0 Å². The van der Waals surface area contributed by atoms with Crippen LogP contribution in [0.1, 0.15) is 54.4 Å². The highest BCUT2D eigenvalue weighted by Crippen LogP contribution is 2.30. The molecule has 16 heavy (non-hydrogen) atoms. The first kappa shape index (κ1) is 14.0. The Morgan fingerprint density at radius 2 is 1.56 bits per heavy atom. The van der Waals surface area contributed by atoms with Gasteiger partial charge in [-0.25, -0.2) is 0 Å². The van der Waals surface area contributed by atoms with Crippen LogP contribution >= 0.6 is 0 Å². The van der Waals surface area contributed by atoms with Crippen molar-refractivity contribution in [2.75, 3.05) is 13.6 Å². The standard InChI is InChI=1S/C14H30N2/c1-13(2,3)15-12-8-11(9-12)10-16(7)14(4,5)6/h11-12,15H,8-10H2,1-7H3. The molecule has 1 N–H and O–H groups in total. The molecule has 0 atom stereocenters. The van der Waals surface area contributed by atoms with Gasteiger partial charge in [-0.1, -0.05) is 0 Å². The van der Waals surface area contributed by atoms with Gasteiger partial charge in [0, 0.05) is 23.7 Å². The van der Waals surface area contributed by atoms with Crippen molar-refractivity contribution in [3.63, 3.8) is 0 Å². The van der Waals surface area contributed by atoms with E-state index in [1.807, 2.05) is 0 Å². The van der Waals surface area contributed by atoms with Crippen molar-refractivity contribution < 1.29 is 0 Å². The average Bonchev–Trinajstić information content (AvgIpc) is 1.95. The summed E-state index contributed by atoms with van der Waals surface area (Å²) < 4.78 is 0. The Bertz CT molecular complexity index is 216. The highest BCUT2D eigenvalue weighted by molar-refractivity contribution is 4.91. The van der Waals surface area contributed by atoms with Crippen LogP contribution < -0.4 is 5.32 Å². The number of nitrogens with one attached hydrogen (secondary N) is 1. The number of hydrogen-bond acceptors (Lipinski definition) is 2. The SMILES string of the molecule is CN(CC1CC(NC(C)(C)C)C1)C(C)(C)C. The summed E-state index contributed by atoms with van der Waals surface area (Å²) in [5.74, 6) is 0.893. The maximum atomic E-state index is 3.68. The first-order valence-corrected chi connectivity index (χ1v) is 6.57. The van der Waals surface area contributed by atoms with Gasteiger partial charge in [0.25, 0.3) is 0 Å². The predicted octanol–water partition coefficient (Wildman–Crippen LogP) is 2.88. The van der Waals surface area contributed by atoms with Crippen LogP contribution in [0, 0.1) is 5.92 Å². The van der Waals surface area contributed by atoms with E-state index in [0.717, 1.165) is 12.0 Å². The van der Waals surface area contributed by atoms with Gasteiger partial charge in [-0.2, -0.15) is 0 Å². The molecule has 2 heteroatoms. The normalized spacial score (nSPS) is 27.0. The minimum Gasteiger partial charge on any atom is -0.309 e. The van der Waals surface area contributed by atoms with Gasteiger partial charge >= 0.3 is 0 Å². The average molecular weight is 226 g/mol. The summed E-state index contributed by atoms with van der Waals surface area (Å²) in [7, 11) is 2.24. The second-order valence-corrected chi connectivity index (χ2v) is 7.48. The molecule has 0 saturated heterocycles. The smallest absolute Gasteiger partial charge is 0.0122 e. The zero-order chi connectivity index (χ0) is 12.6. The molecule has 0 amide bonds. The molecular weight excluding hydrogens is 196 g/mol. The summed E-state index contributed by atoms with van der Waals surface area (Å²) in [6, 6.07) is 0.748. The number of rotatable bonds is 3. The molecule has 2 nitrogen and oxygen atoms in total. The van der Waals surface area contributed by atoms with E-state index in [2.05, 4.69) is 58.8 Å². The van der Waals surface area contributed by atoms with Gasteiger partial charge in [0.2, 0.25) is 0 Å². The van der Waals surface area contributed by atoms with Crippen LogP contribution in [0.2, 0.25) is 0 Å². The molecule has 0 bridgehead atoms. The van der Waals surface area contributed by atoms with E-state index >= 15 is 0 Å². The Hall–Kier alpha value is -0.0800. The lowest BCUT2D eigenvalue weighted by Gasteiger charge is -2.44. The summed E-state index contributed by atoms with van der Waals surface area (Å²) in [5.41, 5.74) is 0.577. The predicted molar refractivity (Wildman–Crippen MR) is 71.8 cm³/mol. The minimum absolute atomic E-state index is 0.269. The maximum Gasteiger partial charge on any atom is 0.0122 e. The van der Waals surface area contributed by atoms with Crippen LogP contribution in [0.25, 0.3) is 0 Å². The zero-order valence-corrected chi connectivity index (χ0v) is 12.2. The van der Waals surface area contributed by atoms with Crippen LogP contribution in [0.4, 0.5) is 0 Å². The molecule has 96 valence electrons. The third-order valence-corrected chi connectivity index (χ3v) is 3.55. The van der Waals surface area contributed by atoms with Crippen LogP contribution in [0.5, 0.6) is 0 Å². The van der Waals surface area contributed by atoms with Gasteiger partial charge < -0.3 is 10.2 Å². The lowest BCUT2D eigenvalue weighted by atomic mass is 9.78. The van der Waals surface area contributed by atoms with Crippen molar-refractivity contribution >= 4 is 0 Å². The molecule has 0 spiro atoms. The molecule has 0 radical (unpaired) electrons. The van der Waals surface area contributed by atoms with E-state index < -0.39 is 0 Å². The second kappa shape index (κ2) is 4.66. The van der Waals surface area contributed by atoms with Gasteiger partial charge in [0.15, 0.2) is 0 Å². The third-order valence-electron chi connectivity index (χ3n) is 3.55. The molecule has 1 fully saturated rings. The lowest BCUT2D eigenvalue weighted by Crippen LogP contribution is -2.53. The molecular formula is C14H30N2. The fourth-order valence-corrected chi connectivity index (χ4v) is 2.28. The Morgan fingerprint density at radius 1 is 1.06 bits per heavy atom. The minimum atomic E-state index is 0.269. The van der Waals surface area contributed by atoms with Crippen molar-refractivity contribution in [2.24, 2.45) is 5.92 Å². The van der Waals surface area contributed by atoms with E-state index in [-0.39, 0.29) is 5.54 Å². The quantitative estimate of drug-likeness (QED) is 0.796. The van der Waals surface area contributed by atoms with Crippen LogP contribution in [-0.4, -0.2) is 35.6 Å². The van der Waals surface area contributed by atoms with Crippen molar-refractivity contribution in [3.8, 4) is 0 Å². The largest absolute Gasteiger partial charge is 0.309 e. The maximum absolute atomic E-state index is 3.68. The monoisotopic (exact) mass is 226 g/mol. The van der Waals surface area contributed by atoms with Crippen molar-refractivity contribution in [1.29, 1.82) is 0 Å². The van der Waals surface area contributed by atoms with Crippen LogP contribution in [0.3, 0.4) is 0 Å². The summed E-state index contributed by atoms with van der Waals surface area (Å²) >= 11 is 0. The molecule has 1 rings (SSSR count). The van der Waals surface area contributed by atoms with E-state index in [1.54, 1.807) is 0 Å². The van der Waals surface area contributed by atoms with E-state index in [0.29, 0.717) is 5.54 Å². The summed E-state index contributed by atoms with van der Waals surface area (Å²) in [5, 5.41) is 3.68. The van der Waals surface area contributed by atoms with Gasteiger partial charge in [0.1, 0.15) is 0 Å². The third kappa shape index (κ3) is 4.42. The highest BCUT2D eigenvalue weighted by Gasteiger charge is 2.33. The first-order valence-electron chi connectivity index (χ1n) is 6.57. The molecule has 1 saturated carbocycles. The first-order chi connectivity index (χ1) is 7.08. The molecule has 0 unspecified atom stereocenters. The Labute approximate surface area is 102 Å². The van der Waals surface area contributed by atoms with E-state index in [1.165, 1.54) is 19.4 Å². The molecule has 0 aliphatic heterocycles. The van der Waals surface area contributed by atoms with Crippen LogP contribution in [-0.2, 0) is 0 Å². The second-order valence-electron chi connectivity index (χ2n) is 7.48. The number of hydrogen-bond donors (Lipinski definition) is 1. The molecule has 0 aromatic heterocycles. The summed E-state index contributed by atoms with van der Waals surface area (Å²) in [6.45, 7) is 14.9. The lowest BCUT2D eigenvalue weighted by molar-refractivity contribution is 0.0919. The molecule has 0 heterocycles. The van der Waals surface area contributed by atoms with Crippen LogP contribution in [0.15, 0.2) is 0 Å². The van der Waals surface area contributed by atoms with Crippen molar-refractivity contribution in [2.45, 2.75) is 71.5 Å². The van der Waals surface area contributed by atoms with Gasteiger partial charge in [0.05, 0.1) is 0 Å². The Kier molecular flexibility index (Phi) is 4.07. The molecule has 1 aliphatic carbocycles. The van der Waals surface area contributed by atoms with Gasteiger partial charge in [-0.3, -0.25) is 0 Å².